The highest BCUT2D eigenvalue weighted by Crippen LogP contribution is 2.31. The molecule has 0 radical (unpaired) electrons. The van der Waals surface area contributed by atoms with E-state index < -0.39 is 6.04 Å². The zero-order chi connectivity index (χ0) is 19.3. The van der Waals surface area contributed by atoms with E-state index >= 15 is 0 Å². The van der Waals surface area contributed by atoms with E-state index in [-0.39, 0.29) is 11.9 Å². The van der Waals surface area contributed by atoms with Crippen molar-refractivity contribution in [1.29, 1.82) is 0 Å². The maximum atomic E-state index is 12.9. The van der Waals surface area contributed by atoms with Crippen molar-refractivity contribution in [2.45, 2.75) is 18.9 Å². The molecule has 3 aromatic rings. The van der Waals surface area contributed by atoms with Gasteiger partial charge in [0.25, 0.3) is 0 Å². The number of amides is 2. The molecule has 0 bridgehead atoms. The van der Waals surface area contributed by atoms with Crippen molar-refractivity contribution in [3.63, 3.8) is 0 Å². The molecular formula is C22H20N4O2. The Morgan fingerprint density at radius 1 is 1.11 bits per heavy atom. The fourth-order valence-electron chi connectivity index (χ4n) is 3.31. The number of nitrogens with one attached hydrogen (secondary N) is 2. The molecule has 0 saturated heterocycles. The van der Waals surface area contributed by atoms with Gasteiger partial charge in [-0.15, -0.1) is 0 Å². The van der Waals surface area contributed by atoms with Gasteiger partial charge in [0.05, 0.1) is 0 Å². The molecule has 28 heavy (non-hydrogen) atoms. The lowest BCUT2D eigenvalue weighted by Crippen LogP contribution is -2.45. The van der Waals surface area contributed by atoms with Crippen molar-refractivity contribution in [2.75, 3.05) is 5.32 Å². The number of carbonyl (C=O) groups is 2. The predicted molar refractivity (Wildman–Crippen MR) is 108 cm³/mol. The molecule has 0 aliphatic carbocycles. The molecule has 2 aromatic carbocycles. The zero-order valence-electron chi connectivity index (χ0n) is 15.2. The Morgan fingerprint density at radius 2 is 1.89 bits per heavy atom. The lowest BCUT2D eigenvalue weighted by atomic mass is 9.95. The minimum atomic E-state index is -0.644. The van der Waals surface area contributed by atoms with Gasteiger partial charge in [0.1, 0.15) is 12.4 Å². The highest BCUT2D eigenvalue weighted by Gasteiger charge is 2.24. The molecule has 6 heteroatoms. The molecule has 1 aliphatic rings. The van der Waals surface area contributed by atoms with Crippen LogP contribution < -0.4 is 10.6 Å². The van der Waals surface area contributed by atoms with Crippen LogP contribution in [-0.4, -0.2) is 27.5 Å². The Hall–Kier alpha value is -3.67. The molecule has 2 N–H and O–H groups in total. The molecule has 0 saturated carbocycles. The summed E-state index contributed by atoms with van der Waals surface area (Å²) in [5.74, 6) is -0.233. The van der Waals surface area contributed by atoms with E-state index in [4.69, 9.17) is 0 Å². The van der Waals surface area contributed by atoms with Crippen LogP contribution in [0.15, 0.2) is 79.4 Å². The van der Waals surface area contributed by atoms with Gasteiger partial charge in [-0.05, 0) is 30.0 Å². The number of hydrogen-bond donors (Lipinski definition) is 2. The quantitative estimate of drug-likeness (QED) is 0.721. The number of nitrogens with zero attached hydrogens (tertiary/aromatic N) is 2. The van der Waals surface area contributed by atoms with Crippen molar-refractivity contribution in [1.82, 2.24) is 14.9 Å². The summed E-state index contributed by atoms with van der Waals surface area (Å²) in [4.78, 5) is 29.1. The summed E-state index contributed by atoms with van der Waals surface area (Å²) in [5, 5.41) is 5.78. The number of aromatic nitrogens is 2. The third-order valence-electron chi connectivity index (χ3n) is 4.72. The van der Waals surface area contributed by atoms with Crippen molar-refractivity contribution >= 4 is 23.2 Å². The maximum Gasteiger partial charge on any atom is 0.327 e. The van der Waals surface area contributed by atoms with Crippen molar-refractivity contribution in [2.24, 2.45) is 0 Å². The lowest BCUT2D eigenvalue weighted by Gasteiger charge is -2.18. The Bertz CT molecular complexity index is 1010. The van der Waals surface area contributed by atoms with Crippen LogP contribution in [0.3, 0.4) is 0 Å². The number of para-hydroxylation sites is 1. The molecule has 140 valence electrons. The molecule has 4 rings (SSSR count). The normalized spacial score (nSPS) is 18.5. The molecule has 2 heterocycles. The second-order valence-corrected chi connectivity index (χ2v) is 6.57. The second-order valence-electron chi connectivity index (χ2n) is 6.57. The van der Waals surface area contributed by atoms with Gasteiger partial charge in [-0.3, -0.25) is 9.36 Å². The average Bonchev–Trinajstić information content (AvgIpc) is 3.27. The third-order valence-corrected chi connectivity index (χ3v) is 4.72. The van der Waals surface area contributed by atoms with Gasteiger partial charge < -0.3 is 10.6 Å². The largest absolute Gasteiger partial charge is 0.327 e. The SMILES string of the molecule is O=C1Nc2ccccc2/C(c2ccccc2)=C\CC[C@@H]1NC(=O)n1ccnc1. The van der Waals surface area contributed by atoms with Gasteiger partial charge >= 0.3 is 6.03 Å². The highest BCUT2D eigenvalue weighted by molar-refractivity contribution is 6.00. The first-order valence-electron chi connectivity index (χ1n) is 9.17. The van der Waals surface area contributed by atoms with Crippen LogP contribution in [0.1, 0.15) is 24.0 Å². The molecule has 2 amide bonds. The Kier molecular flexibility index (Phi) is 5.01. The summed E-state index contributed by atoms with van der Waals surface area (Å²) >= 11 is 0. The van der Waals surface area contributed by atoms with Gasteiger partial charge in [0.2, 0.25) is 5.91 Å². The van der Waals surface area contributed by atoms with Crippen LogP contribution in [0.4, 0.5) is 10.5 Å². The van der Waals surface area contributed by atoms with Gasteiger partial charge in [0.15, 0.2) is 0 Å². The lowest BCUT2D eigenvalue weighted by molar-refractivity contribution is -0.118. The van der Waals surface area contributed by atoms with E-state index in [1.807, 2.05) is 42.5 Å². The summed E-state index contributed by atoms with van der Waals surface area (Å²) in [6.07, 6.45) is 7.76. The molecule has 0 spiro atoms. The van der Waals surface area contributed by atoms with Crippen LogP contribution in [0.25, 0.3) is 5.57 Å². The number of anilines is 1. The first-order valence-corrected chi connectivity index (χ1v) is 9.17. The fourth-order valence-corrected chi connectivity index (χ4v) is 3.31. The Morgan fingerprint density at radius 3 is 2.68 bits per heavy atom. The molecule has 1 atom stereocenters. The van der Waals surface area contributed by atoms with Crippen molar-refractivity contribution in [3.05, 3.63) is 90.5 Å². The van der Waals surface area contributed by atoms with Crippen LogP contribution >= 0.6 is 0 Å². The summed E-state index contributed by atoms with van der Waals surface area (Å²) in [5.41, 5.74) is 3.85. The zero-order valence-corrected chi connectivity index (χ0v) is 15.2. The predicted octanol–water partition coefficient (Wildman–Crippen LogP) is 3.67. The van der Waals surface area contributed by atoms with Gasteiger partial charge in [-0.2, -0.15) is 0 Å². The summed E-state index contributed by atoms with van der Waals surface area (Å²) in [6, 6.07) is 16.8. The van der Waals surface area contributed by atoms with Crippen LogP contribution in [-0.2, 0) is 4.79 Å². The van der Waals surface area contributed by atoms with Gasteiger partial charge in [0, 0.05) is 23.6 Å². The van der Waals surface area contributed by atoms with Crippen LogP contribution in [0, 0.1) is 0 Å². The van der Waals surface area contributed by atoms with Crippen LogP contribution in [0.5, 0.6) is 0 Å². The number of carbonyl (C=O) groups excluding carboxylic acids is 2. The number of rotatable bonds is 2. The van der Waals surface area contributed by atoms with Crippen molar-refractivity contribution < 1.29 is 9.59 Å². The standard InChI is InChI=1S/C22H20N4O2/c27-21-20(25-22(28)26-14-13-23-15-26)12-6-10-17(16-7-2-1-3-8-16)18-9-4-5-11-19(18)24-21/h1-5,7-11,13-15,20H,6,12H2,(H,24,27)(H,25,28)/b17-10-/t20-/m0/s1. The maximum absolute atomic E-state index is 12.9. The molecule has 1 aromatic heterocycles. The highest BCUT2D eigenvalue weighted by atomic mass is 16.2. The third kappa shape index (κ3) is 3.71. The van der Waals surface area contributed by atoms with E-state index in [0.717, 1.165) is 22.4 Å². The minimum Gasteiger partial charge on any atom is -0.326 e. The summed E-state index contributed by atoms with van der Waals surface area (Å²) < 4.78 is 1.32. The molecule has 0 unspecified atom stereocenters. The van der Waals surface area contributed by atoms with E-state index in [1.54, 1.807) is 6.20 Å². The summed E-state index contributed by atoms with van der Waals surface area (Å²) in [7, 11) is 0. The number of allylic oxidation sites excluding steroid dienone is 1. The number of imidazole rings is 1. The van der Waals surface area contributed by atoms with E-state index in [1.165, 1.54) is 17.1 Å². The number of benzene rings is 2. The molecule has 0 fully saturated rings. The minimum absolute atomic E-state index is 0.233. The monoisotopic (exact) mass is 372 g/mol. The molecular weight excluding hydrogens is 352 g/mol. The van der Waals surface area contributed by atoms with E-state index in [9.17, 15) is 9.59 Å². The first-order chi connectivity index (χ1) is 13.7. The Labute approximate surface area is 162 Å². The van der Waals surface area contributed by atoms with Gasteiger partial charge in [-0.25, -0.2) is 9.78 Å². The molecule has 6 nitrogen and oxygen atoms in total. The van der Waals surface area contributed by atoms with Crippen LogP contribution in [0.2, 0.25) is 0 Å². The van der Waals surface area contributed by atoms with Gasteiger partial charge in [-0.1, -0.05) is 54.6 Å². The average molecular weight is 372 g/mol. The smallest absolute Gasteiger partial charge is 0.326 e. The Balaban J connectivity index is 1.66. The number of hydrogen-bond acceptors (Lipinski definition) is 3. The first kappa shape index (κ1) is 17.7. The second kappa shape index (κ2) is 7.92. The topological polar surface area (TPSA) is 76.0 Å². The van der Waals surface area contributed by atoms with E-state index in [0.29, 0.717) is 12.8 Å². The number of fused-ring (bicyclic) bond motifs is 1. The molecule has 1 aliphatic heterocycles. The van der Waals surface area contributed by atoms with Crippen molar-refractivity contribution in [3.8, 4) is 0 Å². The summed E-state index contributed by atoms with van der Waals surface area (Å²) in [6.45, 7) is 0. The van der Waals surface area contributed by atoms with E-state index in [2.05, 4.69) is 33.8 Å². The fraction of sp³-hybridized carbons (Fsp3) is 0.136.